The van der Waals surface area contributed by atoms with Gasteiger partial charge in [-0.15, -0.1) is 0 Å². The Morgan fingerprint density at radius 2 is 1.90 bits per heavy atom. The van der Waals surface area contributed by atoms with Gasteiger partial charge in [0.15, 0.2) is 0 Å². The minimum absolute atomic E-state index is 0.0465. The van der Waals surface area contributed by atoms with Crippen molar-refractivity contribution in [2.24, 2.45) is 0 Å². The minimum Gasteiger partial charge on any atom is -0.354 e. The highest BCUT2D eigenvalue weighted by Gasteiger charge is 2.19. The number of nitrogens with zero attached hydrogens (tertiary/aromatic N) is 1. The predicted octanol–water partition coefficient (Wildman–Crippen LogP) is 1.93. The number of hydrogen-bond acceptors (Lipinski definition) is 3. The molecule has 0 atom stereocenters. The summed E-state index contributed by atoms with van der Waals surface area (Å²) in [5.74, 6) is -0.0465. The summed E-state index contributed by atoms with van der Waals surface area (Å²) in [6.07, 6.45) is 3.18. The quantitative estimate of drug-likeness (QED) is 0.797. The van der Waals surface area contributed by atoms with Gasteiger partial charge < -0.3 is 5.32 Å². The van der Waals surface area contributed by atoms with Crippen LogP contribution in [0.2, 0.25) is 0 Å². The maximum atomic E-state index is 12.0. The van der Waals surface area contributed by atoms with Gasteiger partial charge in [-0.3, -0.25) is 9.10 Å². The molecular formula is C15H24N2O3S. The lowest BCUT2D eigenvalue weighted by atomic mass is 10.1. The number of rotatable bonds is 8. The molecule has 6 heteroatoms. The van der Waals surface area contributed by atoms with Crippen LogP contribution < -0.4 is 9.62 Å². The first-order valence-electron chi connectivity index (χ1n) is 7.22. The van der Waals surface area contributed by atoms with Crippen molar-refractivity contribution < 1.29 is 13.2 Å². The third-order valence-electron chi connectivity index (χ3n) is 3.16. The van der Waals surface area contributed by atoms with Crippen LogP contribution in [-0.2, 0) is 21.2 Å². The van der Waals surface area contributed by atoms with Crippen molar-refractivity contribution in [3.63, 3.8) is 0 Å². The summed E-state index contributed by atoms with van der Waals surface area (Å²) in [5.41, 5.74) is 1.66. The highest BCUT2D eigenvalue weighted by atomic mass is 32.2. The van der Waals surface area contributed by atoms with Gasteiger partial charge in [-0.2, -0.15) is 0 Å². The van der Waals surface area contributed by atoms with Crippen molar-refractivity contribution in [1.82, 2.24) is 5.32 Å². The van der Waals surface area contributed by atoms with E-state index in [1.54, 1.807) is 6.07 Å². The highest BCUT2D eigenvalue weighted by molar-refractivity contribution is 7.92. The SMILES string of the molecule is CCCC(=O)NCCN(c1ccccc1CC)S(C)(=O)=O. The second-order valence-corrected chi connectivity index (χ2v) is 6.82. The average molecular weight is 312 g/mol. The van der Waals surface area contributed by atoms with E-state index in [9.17, 15) is 13.2 Å². The van der Waals surface area contributed by atoms with E-state index in [1.807, 2.05) is 32.0 Å². The van der Waals surface area contributed by atoms with E-state index in [-0.39, 0.29) is 12.5 Å². The van der Waals surface area contributed by atoms with Crippen molar-refractivity contribution in [3.05, 3.63) is 29.8 Å². The molecule has 0 heterocycles. The summed E-state index contributed by atoms with van der Waals surface area (Å²) in [4.78, 5) is 11.5. The number of benzene rings is 1. The second kappa shape index (κ2) is 8.02. The van der Waals surface area contributed by atoms with Crippen LogP contribution in [0.25, 0.3) is 0 Å². The van der Waals surface area contributed by atoms with Gasteiger partial charge in [-0.25, -0.2) is 8.42 Å². The van der Waals surface area contributed by atoms with Gasteiger partial charge in [0.2, 0.25) is 15.9 Å². The van der Waals surface area contributed by atoms with E-state index in [4.69, 9.17) is 0 Å². The van der Waals surface area contributed by atoms with E-state index in [0.717, 1.165) is 18.4 Å². The fourth-order valence-corrected chi connectivity index (χ4v) is 3.09. The number of nitrogens with one attached hydrogen (secondary N) is 1. The molecule has 0 saturated heterocycles. The molecule has 1 amide bonds. The maximum Gasteiger partial charge on any atom is 0.232 e. The van der Waals surface area contributed by atoms with Crippen molar-refractivity contribution >= 4 is 21.6 Å². The van der Waals surface area contributed by atoms with Gasteiger partial charge in [0.25, 0.3) is 0 Å². The molecular weight excluding hydrogens is 288 g/mol. The number of aryl methyl sites for hydroxylation is 1. The first kappa shape index (κ1) is 17.5. The van der Waals surface area contributed by atoms with Gasteiger partial charge >= 0.3 is 0 Å². The standard InChI is InChI=1S/C15H24N2O3S/c1-4-8-15(18)16-11-12-17(21(3,19)20)14-10-7-6-9-13(14)5-2/h6-7,9-10H,4-5,8,11-12H2,1-3H3,(H,16,18). The van der Waals surface area contributed by atoms with E-state index >= 15 is 0 Å². The van der Waals surface area contributed by atoms with Crippen molar-refractivity contribution in [2.75, 3.05) is 23.7 Å². The molecule has 0 fully saturated rings. The fourth-order valence-electron chi connectivity index (χ4n) is 2.13. The summed E-state index contributed by atoms with van der Waals surface area (Å²) < 4.78 is 25.4. The molecule has 0 unspecified atom stereocenters. The molecule has 118 valence electrons. The first-order chi connectivity index (χ1) is 9.90. The summed E-state index contributed by atoms with van der Waals surface area (Å²) in [6.45, 7) is 4.47. The molecule has 21 heavy (non-hydrogen) atoms. The number of para-hydroxylation sites is 1. The van der Waals surface area contributed by atoms with Gasteiger partial charge in [-0.1, -0.05) is 32.0 Å². The number of sulfonamides is 1. The normalized spacial score (nSPS) is 11.2. The largest absolute Gasteiger partial charge is 0.354 e. The summed E-state index contributed by atoms with van der Waals surface area (Å²) >= 11 is 0. The van der Waals surface area contributed by atoms with Crippen LogP contribution in [0, 0.1) is 0 Å². The highest BCUT2D eigenvalue weighted by Crippen LogP contribution is 2.22. The Morgan fingerprint density at radius 3 is 2.48 bits per heavy atom. The van der Waals surface area contributed by atoms with Crippen LogP contribution in [0.4, 0.5) is 5.69 Å². The zero-order chi connectivity index (χ0) is 15.9. The number of carbonyl (C=O) groups excluding carboxylic acids is 1. The molecule has 1 N–H and O–H groups in total. The van der Waals surface area contributed by atoms with Crippen LogP contribution in [0.15, 0.2) is 24.3 Å². The van der Waals surface area contributed by atoms with E-state index < -0.39 is 10.0 Å². The molecule has 0 radical (unpaired) electrons. The molecule has 1 rings (SSSR count). The van der Waals surface area contributed by atoms with Gasteiger partial charge in [0, 0.05) is 13.0 Å². The monoisotopic (exact) mass is 312 g/mol. The number of carbonyl (C=O) groups is 1. The van der Waals surface area contributed by atoms with Gasteiger partial charge in [-0.05, 0) is 24.5 Å². The number of hydrogen-bond donors (Lipinski definition) is 1. The lowest BCUT2D eigenvalue weighted by Gasteiger charge is -2.24. The summed E-state index contributed by atoms with van der Waals surface area (Å²) in [6, 6.07) is 7.44. The molecule has 5 nitrogen and oxygen atoms in total. The maximum absolute atomic E-state index is 12.0. The van der Waals surface area contributed by atoms with Gasteiger partial charge in [0.1, 0.15) is 0 Å². The Balaban J connectivity index is 2.85. The molecule has 0 bridgehead atoms. The molecule has 0 aromatic heterocycles. The average Bonchev–Trinajstić information content (AvgIpc) is 2.42. The predicted molar refractivity (Wildman–Crippen MR) is 85.9 cm³/mol. The molecule has 0 spiro atoms. The molecule has 1 aromatic rings. The Labute approximate surface area is 127 Å². The van der Waals surface area contributed by atoms with Crippen molar-refractivity contribution in [1.29, 1.82) is 0 Å². The Kier molecular flexibility index (Phi) is 6.68. The Morgan fingerprint density at radius 1 is 1.24 bits per heavy atom. The van der Waals surface area contributed by atoms with Crippen LogP contribution >= 0.6 is 0 Å². The van der Waals surface area contributed by atoms with E-state index in [0.29, 0.717) is 18.7 Å². The molecule has 1 aromatic carbocycles. The van der Waals surface area contributed by atoms with Crippen LogP contribution in [0.5, 0.6) is 0 Å². The fraction of sp³-hybridized carbons (Fsp3) is 0.533. The first-order valence-corrected chi connectivity index (χ1v) is 9.07. The zero-order valence-electron chi connectivity index (χ0n) is 12.9. The van der Waals surface area contributed by atoms with Crippen LogP contribution in [0.3, 0.4) is 0 Å². The summed E-state index contributed by atoms with van der Waals surface area (Å²) in [5, 5.41) is 2.75. The topological polar surface area (TPSA) is 66.5 Å². The summed E-state index contributed by atoms with van der Waals surface area (Å²) in [7, 11) is -3.38. The zero-order valence-corrected chi connectivity index (χ0v) is 13.7. The van der Waals surface area contributed by atoms with Crippen molar-refractivity contribution in [3.8, 4) is 0 Å². The lowest BCUT2D eigenvalue weighted by Crippen LogP contribution is -2.38. The molecule has 0 aliphatic rings. The number of amides is 1. The van der Waals surface area contributed by atoms with Crippen LogP contribution in [0.1, 0.15) is 32.3 Å². The third kappa shape index (κ3) is 5.38. The lowest BCUT2D eigenvalue weighted by molar-refractivity contribution is -0.121. The molecule has 0 aliphatic carbocycles. The smallest absolute Gasteiger partial charge is 0.232 e. The Hall–Kier alpha value is -1.56. The van der Waals surface area contributed by atoms with Crippen LogP contribution in [-0.4, -0.2) is 33.7 Å². The molecule has 0 saturated carbocycles. The van der Waals surface area contributed by atoms with Crippen molar-refractivity contribution in [2.45, 2.75) is 33.1 Å². The minimum atomic E-state index is -3.38. The third-order valence-corrected chi connectivity index (χ3v) is 4.34. The van der Waals surface area contributed by atoms with Gasteiger partial charge in [0.05, 0.1) is 18.5 Å². The number of anilines is 1. The molecule has 0 aliphatic heterocycles. The van der Waals surface area contributed by atoms with E-state index in [2.05, 4.69) is 5.32 Å². The Bertz CT molecular complexity index is 570. The second-order valence-electron chi connectivity index (χ2n) is 4.92. The van der Waals surface area contributed by atoms with E-state index in [1.165, 1.54) is 10.6 Å².